The van der Waals surface area contributed by atoms with Crippen LogP contribution in [-0.4, -0.2) is 52.5 Å². The van der Waals surface area contributed by atoms with Gasteiger partial charge in [-0.1, -0.05) is 30.3 Å². The molecule has 1 heterocycles. The highest BCUT2D eigenvalue weighted by atomic mass is 32.2. The fraction of sp³-hybridized carbons (Fsp3) is 0.409. The third kappa shape index (κ3) is 3.62. The van der Waals surface area contributed by atoms with Crippen LogP contribution in [0.15, 0.2) is 42.5 Å². The summed E-state index contributed by atoms with van der Waals surface area (Å²) in [5.74, 6) is -1.80. The molecule has 2 aromatic rings. The Morgan fingerprint density at radius 2 is 1.97 bits per heavy atom. The first-order chi connectivity index (χ1) is 14.4. The van der Waals surface area contributed by atoms with E-state index < -0.39 is 28.4 Å². The summed E-state index contributed by atoms with van der Waals surface area (Å²) in [5, 5.41) is 10.1. The molecule has 5 nitrogen and oxygen atoms in total. The van der Waals surface area contributed by atoms with Crippen LogP contribution in [-0.2, 0) is 16.2 Å². The van der Waals surface area contributed by atoms with Crippen LogP contribution in [0.2, 0.25) is 0 Å². The maximum absolute atomic E-state index is 14.4. The number of aliphatic hydroxyl groups excluding tert-OH is 1. The van der Waals surface area contributed by atoms with Gasteiger partial charge in [0.1, 0.15) is 17.9 Å². The lowest BCUT2D eigenvalue weighted by molar-refractivity contribution is -0.146. The predicted octanol–water partition coefficient (Wildman–Crippen LogP) is 2.58. The van der Waals surface area contributed by atoms with Crippen molar-refractivity contribution >= 4 is 17.3 Å². The molecule has 0 spiro atoms. The molecular formula is C22H24F2N2O3S. The molecule has 2 N–H and O–H groups in total. The van der Waals surface area contributed by atoms with E-state index >= 15 is 0 Å². The van der Waals surface area contributed by atoms with Crippen molar-refractivity contribution in [3.63, 3.8) is 0 Å². The zero-order chi connectivity index (χ0) is 21.5. The number of aliphatic hydroxyl groups is 1. The van der Waals surface area contributed by atoms with Gasteiger partial charge in [-0.05, 0) is 36.1 Å². The summed E-state index contributed by atoms with van der Waals surface area (Å²) >= 11 is -1.16. The molecule has 1 saturated carbocycles. The second-order valence-corrected chi connectivity index (χ2v) is 9.20. The summed E-state index contributed by atoms with van der Waals surface area (Å²) in [6.07, 6.45) is 2.76. The lowest BCUT2D eigenvalue weighted by Crippen LogP contribution is -2.58. The number of likely N-dealkylation sites (tertiary alicyclic amines) is 1. The standard InChI is InChI=1S/C22H24F2N2O3S/c1-30(29)25-12-14-9-10-26(14)21(28)22(13-27)11-17(22)15-5-2-3-6-16(15)20-18(23)7-4-8-19(20)24/h2-8,14,17,25,27H,9-13H2,1H3/t14-,17?,22?,30?/m0/s1. The Labute approximate surface area is 177 Å². The number of nitrogens with one attached hydrogen (secondary N) is 1. The first-order valence-electron chi connectivity index (χ1n) is 9.91. The van der Waals surface area contributed by atoms with Gasteiger partial charge in [0, 0.05) is 23.8 Å². The van der Waals surface area contributed by atoms with Crippen LogP contribution in [0.1, 0.15) is 24.3 Å². The zero-order valence-electron chi connectivity index (χ0n) is 16.6. The molecule has 8 heteroatoms. The van der Waals surface area contributed by atoms with Crippen LogP contribution in [0.25, 0.3) is 11.1 Å². The molecule has 1 aliphatic carbocycles. The molecule has 0 radical (unpaired) electrons. The first kappa shape index (κ1) is 21.2. The smallest absolute Gasteiger partial charge is 0.232 e. The van der Waals surface area contributed by atoms with E-state index in [2.05, 4.69) is 4.72 Å². The Hall–Kier alpha value is -2.00. The second-order valence-electron chi connectivity index (χ2n) is 8.00. The van der Waals surface area contributed by atoms with E-state index in [0.29, 0.717) is 30.6 Å². The van der Waals surface area contributed by atoms with Gasteiger partial charge in [0.15, 0.2) is 0 Å². The van der Waals surface area contributed by atoms with E-state index in [4.69, 9.17) is 0 Å². The number of nitrogens with zero attached hydrogens (tertiary/aromatic N) is 1. The van der Waals surface area contributed by atoms with Gasteiger partial charge in [0.2, 0.25) is 5.91 Å². The average molecular weight is 435 g/mol. The fourth-order valence-corrected chi connectivity index (χ4v) is 4.82. The lowest BCUT2D eigenvalue weighted by Gasteiger charge is -2.43. The largest absolute Gasteiger partial charge is 0.598 e. The Bertz CT molecular complexity index is 937. The first-order valence-corrected chi connectivity index (χ1v) is 11.5. The summed E-state index contributed by atoms with van der Waals surface area (Å²) in [5.41, 5.74) is -0.0315. The van der Waals surface area contributed by atoms with Crippen molar-refractivity contribution < 1.29 is 23.2 Å². The van der Waals surface area contributed by atoms with E-state index in [1.807, 2.05) is 0 Å². The number of halogens is 2. The summed E-state index contributed by atoms with van der Waals surface area (Å²) in [6.45, 7) is 0.679. The van der Waals surface area contributed by atoms with E-state index in [-0.39, 0.29) is 30.0 Å². The molecule has 0 aromatic heterocycles. The molecule has 2 fully saturated rings. The van der Waals surface area contributed by atoms with Gasteiger partial charge in [-0.25, -0.2) is 8.78 Å². The van der Waals surface area contributed by atoms with Crippen LogP contribution >= 0.6 is 0 Å². The molecule has 1 amide bonds. The number of carbonyl (C=O) groups is 1. The molecule has 4 atom stereocenters. The number of rotatable bonds is 7. The maximum atomic E-state index is 14.4. The van der Waals surface area contributed by atoms with Crippen LogP contribution in [0.5, 0.6) is 0 Å². The average Bonchev–Trinajstić information content (AvgIpc) is 3.43. The number of carbonyl (C=O) groups excluding carboxylic acids is 1. The quantitative estimate of drug-likeness (QED) is 0.657. The monoisotopic (exact) mass is 434 g/mol. The highest BCUT2D eigenvalue weighted by Gasteiger charge is 2.63. The lowest BCUT2D eigenvalue weighted by atomic mass is 9.90. The van der Waals surface area contributed by atoms with Gasteiger partial charge in [0.05, 0.1) is 30.2 Å². The number of hydrogen-bond acceptors (Lipinski definition) is 4. The molecule has 3 unspecified atom stereocenters. The minimum absolute atomic E-state index is 0.0645. The Balaban J connectivity index is 1.61. The SMILES string of the molecule is C[S+]([O-])NC[C@@H]1CCN1C(=O)C1(CO)CC1c1ccccc1-c1c(F)cccc1F. The van der Waals surface area contributed by atoms with Gasteiger partial charge in [-0.3, -0.25) is 4.79 Å². The van der Waals surface area contributed by atoms with Crippen LogP contribution in [0, 0.1) is 17.0 Å². The van der Waals surface area contributed by atoms with Gasteiger partial charge in [-0.15, -0.1) is 4.72 Å². The highest BCUT2D eigenvalue weighted by molar-refractivity contribution is 7.88. The van der Waals surface area contributed by atoms with E-state index in [1.165, 1.54) is 24.5 Å². The molecule has 1 saturated heterocycles. The molecule has 30 heavy (non-hydrogen) atoms. The van der Waals surface area contributed by atoms with Crippen molar-refractivity contribution in [2.24, 2.45) is 5.41 Å². The summed E-state index contributed by atoms with van der Waals surface area (Å²) < 4.78 is 43.0. The molecule has 1 aliphatic heterocycles. The minimum atomic E-state index is -1.16. The van der Waals surface area contributed by atoms with Crippen molar-refractivity contribution in [1.82, 2.24) is 9.62 Å². The van der Waals surface area contributed by atoms with Crippen molar-refractivity contribution in [2.75, 3.05) is 26.0 Å². The third-order valence-corrected chi connectivity index (χ3v) is 6.85. The zero-order valence-corrected chi connectivity index (χ0v) is 17.4. The minimum Gasteiger partial charge on any atom is -0.598 e. The molecule has 4 rings (SSSR count). The summed E-state index contributed by atoms with van der Waals surface area (Å²) in [4.78, 5) is 15.0. The molecule has 160 valence electrons. The number of benzene rings is 2. The normalized spacial score (nSPS) is 26.2. The number of amides is 1. The summed E-state index contributed by atoms with van der Waals surface area (Å²) in [6, 6.07) is 10.6. The van der Waals surface area contributed by atoms with E-state index in [0.717, 1.165) is 6.42 Å². The molecule has 2 aromatic carbocycles. The van der Waals surface area contributed by atoms with Gasteiger partial charge < -0.3 is 14.6 Å². The van der Waals surface area contributed by atoms with Crippen LogP contribution < -0.4 is 4.72 Å². The van der Waals surface area contributed by atoms with Crippen molar-refractivity contribution in [3.8, 4) is 11.1 Å². The van der Waals surface area contributed by atoms with Gasteiger partial charge in [-0.2, -0.15) is 0 Å². The predicted molar refractivity (Wildman–Crippen MR) is 111 cm³/mol. The fourth-order valence-electron chi connectivity index (χ4n) is 4.40. The Kier molecular flexibility index (Phi) is 5.85. The van der Waals surface area contributed by atoms with Crippen LogP contribution in [0.3, 0.4) is 0 Å². The Morgan fingerprint density at radius 1 is 1.27 bits per heavy atom. The van der Waals surface area contributed by atoms with Crippen molar-refractivity contribution in [1.29, 1.82) is 0 Å². The van der Waals surface area contributed by atoms with Crippen LogP contribution in [0.4, 0.5) is 8.78 Å². The molecule has 0 bridgehead atoms. The van der Waals surface area contributed by atoms with Gasteiger partial charge in [0.25, 0.3) is 0 Å². The van der Waals surface area contributed by atoms with E-state index in [1.54, 1.807) is 29.2 Å². The topological polar surface area (TPSA) is 75.6 Å². The Morgan fingerprint density at radius 3 is 2.57 bits per heavy atom. The molecular weight excluding hydrogens is 410 g/mol. The van der Waals surface area contributed by atoms with Gasteiger partial charge >= 0.3 is 0 Å². The highest BCUT2D eigenvalue weighted by Crippen LogP contribution is 2.62. The number of hydrogen-bond donors (Lipinski definition) is 2. The van der Waals surface area contributed by atoms with Crippen molar-refractivity contribution in [3.05, 3.63) is 59.7 Å². The summed E-state index contributed by atoms with van der Waals surface area (Å²) in [7, 11) is 0. The maximum Gasteiger partial charge on any atom is 0.232 e. The molecule has 2 aliphatic rings. The van der Waals surface area contributed by atoms with Crippen molar-refractivity contribution in [2.45, 2.75) is 24.8 Å². The van der Waals surface area contributed by atoms with E-state index in [9.17, 15) is 23.2 Å². The third-order valence-electron chi connectivity index (χ3n) is 6.28. The second kappa shape index (κ2) is 8.26.